The third kappa shape index (κ3) is 5.51. The fourth-order valence-corrected chi connectivity index (χ4v) is 3.44. The lowest BCUT2D eigenvalue weighted by Gasteiger charge is -2.23. The van der Waals surface area contributed by atoms with Crippen LogP contribution in [0, 0.1) is 0 Å². The number of benzene rings is 3. The van der Waals surface area contributed by atoms with Crippen molar-refractivity contribution in [1.82, 2.24) is 0 Å². The quantitative estimate of drug-likeness (QED) is 0.479. The highest BCUT2D eigenvalue weighted by atomic mass is 16.5. The Hall–Kier alpha value is -3.60. The van der Waals surface area contributed by atoms with E-state index in [1.807, 2.05) is 54.6 Å². The molecule has 3 aromatic rings. The molecule has 3 aromatic carbocycles. The molecule has 5 heteroatoms. The summed E-state index contributed by atoms with van der Waals surface area (Å²) in [5, 5.41) is 9.44. The van der Waals surface area contributed by atoms with Crippen molar-refractivity contribution in [2.24, 2.45) is 0 Å². The third-order valence-electron chi connectivity index (χ3n) is 5.19. The van der Waals surface area contributed by atoms with Crippen LogP contribution in [0.5, 0.6) is 5.75 Å². The summed E-state index contributed by atoms with van der Waals surface area (Å²) in [5.41, 5.74) is 3.56. The molecule has 31 heavy (non-hydrogen) atoms. The zero-order chi connectivity index (χ0) is 22.2. The van der Waals surface area contributed by atoms with Crippen LogP contribution < -0.4 is 9.64 Å². The van der Waals surface area contributed by atoms with Crippen LogP contribution in [0.25, 0.3) is 11.1 Å². The first-order chi connectivity index (χ1) is 15.0. The number of rotatable bonds is 9. The van der Waals surface area contributed by atoms with E-state index in [2.05, 4.69) is 6.92 Å². The molecule has 0 aromatic heterocycles. The Bertz CT molecular complexity index is 1030. The van der Waals surface area contributed by atoms with Gasteiger partial charge in [0.15, 0.2) is 0 Å². The number of carboxylic acids is 1. The lowest BCUT2D eigenvalue weighted by atomic mass is 9.98. The lowest BCUT2D eigenvalue weighted by Crippen LogP contribution is -2.30. The van der Waals surface area contributed by atoms with Gasteiger partial charge in [0.25, 0.3) is 0 Å². The normalized spacial score (nSPS) is 10.5. The minimum atomic E-state index is -0.952. The Balaban J connectivity index is 1.85. The SMILES string of the molecule is CCCCC(=O)N(Cc1ccc(-c2ccccc2C(=O)O)cc1)c1ccc(OC)cc1. The molecule has 0 spiro atoms. The second-order valence-electron chi connectivity index (χ2n) is 7.33. The number of carbonyl (C=O) groups is 2. The van der Waals surface area contributed by atoms with Gasteiger partial charge in [-0.3, -0.25) is 4.79 Å². The standard InChI is InChI=1S/C26H27NO4/c1-3-4-9-25(28)27(21-14-16-22(31-2)17-15-21)18-19-10-12-20(13-11-19)23-7-5-6-8-24(23)26(29)30/h5-8,10-17H,3-4,9,18H2,1-2H3,(H,29,30). The number of nitrogens with zero attached hydrogens (tertiary/aromatic N) is 1. The lowest BCUT2D eigenvalue weighted by molar-refractivity contribution is -0.118. The topological polar surface area (TPSA) is 66.8 Å². The van der Waals surface area contributed by atoms with E-state index in [0.29, 0.717) is 18.5 Å². The van der Waals surface area contributed by atoms with E-state index in [4.69, 9.17) is 4.74 Å². The summed E-state index contributed by atoms with van der Waals surface area (Å²) < 4.78 is 5.23. The molecule has 0 bridgehead atoms. The minimum Gasteiger partial charge on any atom is -0.497 e. The third-order valence-corrected chi connectivity index (χ3v) is 5.19. The number of hydrogen-bond acceptors (Lipinski definition) is 3. The second kappa shape index (κ2) is 10.4. The Morgan fingerprint density at radius 1 is 0.935 bits per heavy atom. The average molecular weight is 418 g/mol. The van der Waals surface area contributed by atoms with Gasteiger partial charge in [0, 0.05) is 12.1 Å². The highest BCUT2D eigenvalue weighted by molar-refractivity contribution is 5.96. The maximum Gasteiger partial charge on any atom is 0.336 e. The van der Waals surface area contributed by atoms with Gasteiger partial charge >= 0.3 is 5.97 Å². The van der Waals surface area contributed by atoms with Crippen molar-refractivity contribution in [1.29, 1.82) is 0 Å². The summed E-state index contributed by atoms with van der Waals surface area (Å²) in [6.45, 7) is 2.51. The van der Waals surface area contributed by atoms with Crippen LogP contribution in [-0.4, -0.2) is 24.1 Å². The van der Waals surface area contributed by atoms with E-state index in [1.54, 1.807) is 30.2 Å². The number of amides is 1. The molecule has 0 aliphatic heterocycles. The van der Waals surface area contributed by atoms with Crippen LogP contribution in [0.15, 0.2) is 72.8 Å². The summed E-state index contributed by atoms with van der Waals surface area (Å²) in [4.78, 5) is 26.2. The largest absolute Gasteiger partial charge is 0.497 e. The predicted octanol–water partition coefficient (Wildman–Crippen LogP) is 5.78. The van der Waals surface area contributed by atoms with Crippen LogP contribution in [-0.2, 0) is 11.3 Å². The van der Waals surface area contributed by atoms with Crippen molar-refractivity contribution in [3.63, 3.8) is 0 Å². The maximum atomic E-state index is 12.9. The first-order valence-corrected chi connectivity index (χ1v) is 10.4. The highest BCUT2D eigenvalue weighted by Gasteiger charge is 2.17. The molecule has 0 atom stereocenters. The smallest absolute Gasteiger partial charge is 0.336 e. The molecule has 5 nitrogen and oxygen atoms in total. The van der Waals surface area contributed by atoms with Crippen molar-refractivity contribution in [2.75, 3.05) is 12.0 Å². The molecule has 0 saturated carbocycles. The van der Waals surface area contributed by atoms with E-state index in [-0.39, 0.29) is 11.5 Å². The number of unbranched alkanes of at least 4 members (excludes halogenated alkanes) is 1. The van der Waals surface area contributed by atoms with Gasteiger partial charge < -0.3 is 14.7 Å². The van der Waals surface area contributed by atoms with Gasteiger partial charge in [-0.15, -0.1) is 0 Å². The number of hydrogen-bond donors (Lipinski definition) is 1. The van der Waals surface area contributed by atoms with Crippen molar-refractivity contribution in [3.8, 4) is 16.9 Å². The molecular weight excluding hydrogens is 390 g/mol. The van der Waals surface area contributed by atoms with E-state index in [1.165, 1.54) is 0 Å². The van der Waals surface area contributed by atoms with Crippen molar-refractivity contribution < 1.29 is 19.4 Å². The van der Waals surface area contributed by atoms with Crippen molar-refractivity contribution in [2.45, 2.75) is 32.7 Å². The van der Waals surface area contributed by atoms with Gasteiger partial charge in [-0.1, -0.05) is 55.8 Å². The Morgan fingerprint density at radius 3 is 2.23 bits per heavy atom. The molecule has 3 rings (SSSR count). The van der Waals surface area contributed by atoms with E-state index >= 15 is 0 Å². The van der Waals surface area contributed by atoms with Gasteiger partial charge in [-0.2, -0.15) is 0 Å². The van der Waals surface area contributed by atoms with Gasteiger partial charge in [-0.25, -0.2) is 4.79 Å². The first-order valence-electron chi connectivity index (χ1n) is 10.4. The predicted molar refractivity (Wildman–Crippen MR) is 123 cm³/mol. The molecule has 1 amide bonds. The number of aromatic carboxylic acids is 1. The number of carbonyl (C=O) groups excluding carboxylic acids is 1. The van der Waals surface area contributed by atoms with Crippen LogP contribution in [0.4, 0.5) is 5.69 Å². The minimum absolute atomic E-state index is 0.0762. The Labute approximate surface area is 182 Å². The molecule has 160 valence electrons. The fourth-order valence-electron chi connectivity index (χ4n) is 3.44. The molecule has 0 fully saturated rings. The summed E-state index contributed by atoms with van der Waals surface area (Å²) >= 11 is 0. The summed E-state index contributed by atoms with van der Waals surface area (Å²) in [6, 6.07) is 22.1. The molecule has 0 aliphatic rings. The number of anilines is 1. The Kier molecular flexibility index (Phi) is 7.44. The van der Waals surface area contributed by atoms with Crippen LogP contribution >= 0.6 is 0 Å². The van der Waals surface area contributed by atoms with E-state index in [9.17, 15) is 14.7 Å². The molecule has 0 aliphatic carbocycles. The summed E-state index contributed by atoms with van der Waals surface area (Å²) in [5.74, 6) is -0.134. The highest BCUT2D eigenvalue weighted by Crippen LogP contribution is 2.26. The van der Waals surface area contributed by atoms with Gasteiger partial charge in [0.1, 0.15) is 5.75 Å². The number of ether oxygens (including phenoxy) is 1. The van der Waals surface area contributed by atoms with Gasteiger partial charge in [0.05, 0.1) is 19.2 Å². The zero-order valence-corrected chi connectivity index (χ0v) is 17.9. The second-order valence-corrected chi connectivity index (χ2v) is 7.33. The van der Waals surface area contributed by atoms with E-state index < -0.39 is 5.97 Å². The van der Waals surface area contributed by atoms with E-state index in [0.717, 1.165) is 35.4 Å². The maximum absolute atomic E-state index is 12.9. The summed E-state index contributed by atoms with van der Waals surface area (Å²) in [6.07, 6.45) is 2.29. The molecule has 0 unspecified atom stereocenters. The fraction of sp³-hybridized carbons (Fsp3) is 0.231. The first kappa shape index (κ1) is 22.1. The van der Waals surface area contributed by atoms with Gasteiger partial charge in [-0.05, 0) is 53.4 Å². The van der Waals surface area contributed by atoms with Crippen molar-refractivity contribution >= 4 is 17.6 Å². The van der Waals surface area contributed by atoms with Gasteiger partial charge in [0.2, 0.25) is 5.91 Å². The van der Waals surface area contributed by atoms with Crippen LogP contribution in [0.2, 0.25) is 0 Å². The number of methoxy groups -OCH3 is 1. The monoisotopic (exact) mass is 417 g/mol. The molecule has 1 N–H and O–H groups in total. The number of carboxylic acid groups (broad SMARTS) is 1. The summed E-state index contributed by atoms with van der Waals surface area (Å²) in [7, 11) is 1.61. The molecule has 0 saturated heterocycles. The van der Waals surface area contributed by atoms with Crippen molar-refractivity contribution in [3.05, 3.63) is 83.9 Å². The van der Waals surface area contributed by atoms with Crippen LogP contribution in [0.3, 0.4) is 0 Å². The molecule has 0 heterocycles. The molecular formula is C26H27NO4. The Morgan fingerprint density at radius 2 is 1.61 bits per heavy atom. The average Bonchev–Trinajstić information content (AvgIpc) is 2.81. The zero-order valence-electron chi connectivity index (χ0n) is 17.9. The van der Waals surface area contributed by atoms with Crippen LogP contribution in [0.1, 0.15) is 42.1 Å². The molecule has 0 radical (unpaired) electrons.